The van der Waals surface area contributed by atoms with Crippen molar-refractivity contribution in [2.45, 2.75) is 48.5 Å². The predicted octanol–water partition coefficient (Wildman–Crippen LogP) is 2.34. The van der Waals surface area contributed by atoms with Gasteiger partial charge in [0.1, 0.15) is 4.90 Å². The highest BCUT2D eigenvalue weighted by atomic mass is 35.5. The zero-order valence-corrected chi connectivity index (χ0v) is 11.9. The average molecular weight is 289 g/mol. The van der Waals surface area contributed by atoms with Gasteiger partial charge in [0.25, 0.3) is 0 Å². The summed E-state index contributed by atoms with van der Waals surface area (Å²) in [5.74, 6) is 0.360. The van der Waals surface area contributed by atoms with Gasteiger partial charge in [-0.2, -0.15) is 4.31 Å². The predicted molar refractivity (Wildman–Crippen MR) is 70.2 cm³/mol. The maximum atomic E-state index is 12.4. The fraction of sp³-hybridized carbons (Fsp3) is 0.667. The van der Waals surface area contributed by atoms with E-state index in [2.05, 4.69) is 0 Å². The third kappa shape index (κ3) is 2.08. The first kappa shape index (κ1) is 12.5. The summed E-state index contributed by atoms with van der Waals surface area (Å²) in [6.45, 7) is 0. The maximum absolute atomic E-state index is 12.4. The Hall–Kier alpha value is -0.520. The molecular formula is C12H17ClN2O2S. The van der Waals surface area contributed by atoms with Crippen LogP contribution in [0.3, 0.4) is 0 Å². The summed E-state index contributed by atoms with van der Waals surface area (Å²) in [7, 11) is -1.67. The highest BCUT2D eigenvalue weighted by Crippen LogP contribution is 2.38. The topological polar surface area (TPSA) is 42.3 Å². The van der Waals surface area contributed by atoms with Gasteiger partial charge in [0, 0.05) is 31.0 Å². The molecule has 1 heterocycles. The molecule has 0 atom stereocenters. The number of hydrogen-bond acceptors (Lipinski definition) is 2. The van der Waals surface area contributed by atoms with Crippen molar-refractivity contribution in [1.82, 2.24) is 8.87 Å². The van der Waals surface area contributed by atoms with E-state index in [4.69, 9.17) is 11.6 Å². The summed E-state index contributed by atoms with van der Waals surface area (Å²) >= 11 is 5.89. The molecule has 0 aromatic carbocycles. The molecule has 18 heavy (non-hydrogen) atoms. The minimum absolute atomic E-state index is 0.193. The third-order valence-electron chi connectivity index (χ3n) is 3.72. The van der Waals surface area contributed by atoms with Crippen LogP contribution in [0.1, 0.15) is 37.4 Å². The van der Waals surface area contributed by atoms with Crippen LogP contribution < -0.4 is 0 Å². The molecule has 2 fully saturated rings. The van der Waals surface area contributed by atoms with Crippen LogP contribution in [-0.4, -0.2) is 30.4 Å². The van der Waals surface area contributed by atoms with Crippen molar-refractivity contribution in [3.63, 3.8) is 0 Å². The van der Waals surface area contributed by atoms with Gasteiger partial charge in [0.2, 0.25) is 10.0 Å². The number of nitrogens with zero attached hydrogens (tertiary/aromatic N) is 2. The van der Waals surface area contributed by atoms with E-state index in [0.717, 1.165) is 31.4 Å². The zero-order chi connectivity index (χ0) is 12.9. The van der Waals surface area contributed by atoms with Gasteiger partial charge < -0.3 is 4.57 Å². The molecule has 4 nitrogen and oxygen atoms in total. The Balaban J connectivity index is 1.95. The van der Waals surface area contributed by atoms with Gasteiger partial charge in [-0.3, -0.25) is 0 Å². The molecule has 1 aromatic heterocycles. The maximum Gasteiger partial charge on any atom is 0.244 e. The first-order valence-corrected chi connectivity index (χ1v) is 8.26. The lowest BCUT2D eigenvalue weighted by atomic mass is 10.5. The van der Waals surface area contributed by atoms with Crippen molar-refractivity contribution in [2.75, 3.05) is 7.05 Å². The molecule has 0 spiro atoms. The quantitative estimate of drug-likeness (QED) is 0.781. The van der Waals surface area contributed by atoms with Crippen LogP contribution in [0.2, 0.25) is 0 Å². The largest absolute Gasteiger partial charge is 0.346 e. The van der Waals surface area contributed by atoms with Crippen LogP contribution in [-0.2, 0) is 15.9 Å². The molecule has 1 aromatic rings. The second kappa shape index (κ2) is 4.25. The van der Waals surface area contributed by atoms with Crippen LogP contribution >= 0.6 is 11.6 Å². The molecule has 0 unspecified atom stereocenters. The lowest BCUT2D eigenvalue weighted by Crippen LogP contribution is -2.28. The van der Waals surface area contributed by atoms with Crippen molar-refractivity contribution in [3.05, 3.63) is 18.0 Å². The Labute approximate surface area is 113 Å². The van der Waals surface area contributed by atoms with Crippen molar-refractivity contribution in [1.29, 1.82) is 0 Å². The summed E-state index contributed by atoms with van der Waals surface area (Å²) in [5, 5.41) is 0. The summed E-state index contributed by atoms with van der Waals surface area (Å²) in [6.07, 6.45) is 5.94. The van der Waals surface area contributed by atoms with Gasteiger partial charge in [-0.15, -0.1) is 11.6 Å². The second-order valence-corrected chi connectivity index (χ2v) is 7.46. The first-order chi connectivity index (χ1) is 8.54. The van der Waals surface area contributed by atoms with Crippen molar-refractivity contribution in [2.24, 2.45) is 0 Å². The molecule has 0 saturated heterocycles. The normalized spacial score (nSPS) is 20.6. The zero-order valence-electron chi connectivity index (χ0n) is 10.3. The smallest absolute Gasteiger partial charge is 0.244 e. The standard InChI is InChI=1S/C12H17ClN2O2S/c1-14(9-2-3-9)18(16,17)12-6-11(7-13)15(8-12)10-4-5-10/h6,8-10H,2-5,7H2,1H3. The molecule has 0 amide bonds. The molecular weight excluding hydrogens is 272 g/mol. The van der Waals surface area contributed by atoms with Crippen LogP contribution in [0, 0.1) is 0 Å². The highest BCUT2D eigenvalue weighted by Gasteiger charge is 2.36. The van der Waals surface area contributed by atoms with Crippen LogP contribution in [0.5, 0.6) is 0 Å². The number of rotatable bonds is 5. The van der Waals surface area contributed by atoms with E-state index in [9.17, 15) is 8.42 Å². The van der Waals surface area contributed by atoms with Crippen molar-refractivity contribution >= 4 is 21.6 Å². The van der Waals surface area contributed by atoms with E-state index in [1.807, 2.05) is 4.57 Å². The lowest BCUT2D eigenvalue weighted by Gasteiger charge is -2.14. The number of alkyl halides is 1. The van der Waals surface area contributed by atoms with Gasteiger partial charge in [0.05, 0.1) is 5.88 Å². The molecule has 6 heteroatoms. The van der Waals surface area contributed by atoms with Crippen molar-refractivity contribution < 1.29 is 8.42 Å². The molecule has 3 rings (SSSR count). The van der Waals surface area contributed by atoms with E-state index < -0.39 is 10.0 Å². The molecule has 2 saturated carbocycles. The SMILES string of the molecule is CN(C1CC1)S(=O)(=O)c1cc(CCl)n(C2CC2)c1. The minimum atomic E-state index is -3.34. The van der Waals surface area contributed by atoms with E-state index in [1.165, 1.54) is 4.31 Å². The number of hydrogen-bond donors (Lipinski definition) is 0. The van der Waals surface area contributed by atoms with Gasteiger partial charge in [0.15, 0.2) is 0 Å². The van der Waals surface area contributed by atoms with Crippen LogP contribution in [0.4, 0.5) is 0 Å². The minimum Gasteiger partial charge on any atom is -0.346 e. The molecule has 2 aliphatic rings. The van der Waals surface area contributed by atoms with Gasteiger partial charge in [-0.25, -0.2) is 8.42 Å². The number of aromatic nitrogens is 1. The Morgan fingerprint density at radius 3 is 2.56 bits per heavy atom. The van der Waals surface area contributed by atoms with Gasteiger partial charge >= 0.3 is 0 Å². The fourth-order valence-electron chi connectivity index (χ4n) is 2.24. The molecule has 2 aliphatic carbocycles. The molecule has 0 aliphatic heterocycles. The Morgan fingerprint density at radius 2 is 2.06 bits per heavy atom. The van der Waals surface area contributed by atoms with E-state index >= 15 is 0 Å². The van der Waals surface area contributed by atoms with E-state index in [-0.39, 0.29) is 6.04 Å². The average Bonchev–Trinajstić information content (AvgIpc) is 3.24. The molecule has 0 N–H and O–H groups in total. The summed E-state index contributed by atoms with van der Waals surface area (Å²) in [6, 6.07) is 2.37. The second-order valence-electron chi connectivity index (χ2n) is 5.19. The number of halogens is 1. The Morgan fingerprint density at radius 1 is 1.39 bits per heavy atom. The lowest BCUT2D eigenvalue weighted by molar-refractivity contribution is 0.464. The summed E-state index contributed by atoms with van der Waals surface area (Å²) in [5.41, 5.74) is 0.905. The van der Waals surface area contributed by atoms with Crippen molar-refractivity contribution in [3.8, 4) is 0 Å². The van der Waals surface area contributed by atoms with Gasteiger partial charge in [-0.1, -0.05) is 0 Å². The summed E-state index contributed by atoms with van der Waals surface area (Å²) in [4.78, 5) is 0.388. The van der Waals surface area contributed by atoms with E-state index in [0.29, 0.717) is 16.8 Å². The van der Waals surface area contributed by atoms with Crippen LogP contribution in [0.25, 0.3) is 0 Å². The number of sulfonamides is 1. The first-order valence-electron chi connectivity index (χ1n) is 6.29. The van der Waals surface area contributed by atoms with Crippen LogP contribution in [0.15, 0.2) is 17.2 Å². The van der Waals surface area contributed by atoms with E-state index in [1.54, 1.807) is 19.3 Å². The Kier molecular flexibility index (Phi) is 2.95. The summed E-state index contributed by atoms with van der Waals surface area (Å²) < 4.78 is 28.3. The fourth-order valence-corrected chi connectivity index (χ4v) is 3.92. The molecule has 0 radical (unpaired) electrons. The highest BCUT2D eigenvalue weighted by molar-refractivity contribution is 7.89. The Bertz CT molecular complexity index is 559. The molecule has 100 valence electrons. The third-order valence-corrected chi connectivity index (χ3v) is 5.87. The molecule has 0 bridgehead atoms. The monoisotopic (exact) mass is 288 g/mol. The van der Waals surface area contributed by atoms with Gasteiger partial charge in [-0.05, 0) is 31.7 Å².